The van der Waals surface area contributed by atoms with Crippen molar-refractivity contribution >= 4 is 80.9 Å². The lowest BCUT2D eigenvalue weighted by molar-refractivity contribution is -0.120. The van der Waals surface area contributed by atoms with Gasteiger partial charge in [0.25, 0.3) is 11.8 Å². The van der Waals surface area contributed by atoms with E-state index in [1.807, 2.05) is 9.80 Å². The van der Waals surface area contributed by atoms with Crippen molar-refractivity contribution in [2.75, 3.05) is 36.8 Å². The average Bonchev–Trinajstić information content (AvgIpc) is 3.63. The number of aromatic nitrogens is 2. The third-order valence-corrected chi connectivity index (χ3v) is 10.5. The van der Waals surface area contributed by atoms with Gasteiger partial charge in [-0.25, -0.2) is 9.97 Å². The van der Waals surface area contributed by atoms with Gasteiger partial charge in [0, 0.05) is 59.9 Å². The van der Waals surface area contributed by atoms with Gasteiger partial charge in [-0.05, 0) is 12.1 Å². The van der Waals surface area contributed by atoms with Crippen molar-refractivity contribution in [3.05, 3.63) is 77.6 Å². The summed E-state index contributed by atoms with van der Waals surface area (Å²) in [6.07, 6.45) is 1.24. The Kier molecular flexibility index (Phi) is 9.36. The number of thiazole rings is 2. The third-order valence-electron chi connectivity index (χ3n) is 7.55. The number of fused-ring (bicyclic) bond motifs is 2. The first-order valence-corrected chi connectivity index (χ1v) is 16.6. The molecule has 4 amide bonds. The van der Waals surface area contributed by atoms with E-state index in [9.17, 15) is 19.2 Å². The molecule has 4 aromatic rings. The van der Waals surface area contributed by atoms with Crippen LogP contribution in [0.3, 0.4) is 0 Å². The molecule has 46 heavy (non-hydrogen) atoms. The first-order valence-electron chi connectivity index (χ1n) is 14.2. The van der Waals surface area contributed by atoms with Crippen molar-refractivity contribution in [3.8, 4) is 11.1 Å². The number of amides is 4. The van der Waals surface area contributed by atoms with E-state index in [0.29, 0.717) is 71.5 Å². The molecule has 6 rings (SSSR count). The van der Waals surface area contributed by atoms with E-state index in [1.165, 1.54) is 22.7 Å². The molecule has 2 aromatic heterocycles. The molecule has 0 saturated heterocycles. The van der Waals surface area contributed by atoms with E-state index in [2.05, 4.69) is 20.6 Å². The SMILES string of the molecule is NC(=O)CN1CCc2nc(C(=O)Nc3cccc(-c4cccc(NC(=O)c5nc6c(s5)CN(CC(N)=O)CC6)c4Cl)c3Cl)sc2C1. The van der Waals surface area contributed by atoms with Crippen molar-refractivity contribution < 1.29 is 19.2 Å². The lowest BCUT2D eigenvalue weighted by atomic mass is 10.0. The molecule has 0 unspecified atom stereocenters. The lowest BCUT2D eigenvalue weighted by Gasteiger charge is -2.24. The Morgan fingerprint density at radius 1 is 0.717 bits per heavy atom. The fourth-order valence-corrected chi connectivity index (χ4v) is 8.07. The number of benzene rings is 2. The first kappa shape index (κ1) is 32.0. The van der Waals surface area contributed by atoms with Gasteiger partial charge in [0.15, 0.2) is 10.0 Å². The van der Waals surface area contributed by atoms with Gasteiger partial charge in [-0.2, -0.15) is 0 Å². The molecular formula is C30H28Cl2N8O4S2. The van der Waals surface area contributed by atoms with E-state index < -0.39 is 23.6 Å². The number of primary amides is 2. The minimum absolute atomic E-state index is 0.153. The Morgan fingerprint density at radius 3 is 1.52 bits per heavy atom. The summed E-state index contributed by atoms with van der Waals surface area (Å²) >= 11 is 16.1. The predicted molar refractivity (Wildman–Crippen MR) is 178 cm³/mol. The van der Waals surface area contributed by atoms with Crippen LogP contribution in [0.25, 0.3) is 11.1 Å². The fraction of sp³-hybridized carbons (Fsp3) is 0.267. The van der Waals surface area contributed by atoms with Crippen molar-refractivity contribution in [2.24, 2.45) is 11.5 Å². The van der Waals surface area contributed by atoms with Gasteiger partial charge in [-0.1, -0.05) is 47.5 Å². The number of carbonyl (C=O) groups excluding carboxylic acids is 4. The molecule has 2 aromatic carbocycles. The zero-order valence-electron chi connectivity index (χ0n) is 24.3. The van der Waals surface area contributed by atoms with Gasteiger partial charge in [-0.3, -0.25) is 29.0 Å². The number of carbonyl (C=O) groups is 4. The van der Waals surface area contributed by atoms with Crippen LogP contribution >= 0.6 is 45.9 Å². The number of nitrogens with two attached hydrogens (primary N) is 2. The summed E-state index contributed by atoms with van der Waals surface area (Å²) in [7, 11) is 0. The minimum atomic E-state index is -0.407. The highest BCUT2D eigenvalue weighted by atomic mass is 35.5. The summed E-state index contributed by atoms with van der Waals surface area (Å²) in [5, 5.41) is 6.83. The number of halogens is 2. The van der Waals surface area contributed by atoms with Crippen LogP contribution in [-0.4, -0.2) is 69.6 Å². The molecule has 0 saturated carbocycles. The van der Waals surface area contributed by atoms with Crippen LogP contribution < -0.4 is 22.1 Å². The van der Waals surface area contributed by atoms with Crippen LogP contribution in [0, 0.1) is 0 Å². The summed E-state index contributed by atoms with van der Waals surface area (Å²) in [5.41, 5.74) is 14.2. The van der Waals surface area contributed by atoms with Gasteiger partial charge in [0.1, 0.15) is 0 Å². The van der Waals surface area contributed by atoms with E-state index in [-0.39, 0.29) is 23.1 Å². The Balaban J connectivity index is 1.17. The summed E-state index contributed by atoms with van der Waals surface area (Å²) in [6.45, 7) is 2.59. The molecule has 0 aliphatic carbocycles. The molecule has 12 nitrogen and oxygen atoms in total. The highest BCUT2D eigenvalue weighted by Crippen LogP contribution is 2.40. The van der Waals surface area contributed by atoms with Gasteiger partial charge >= 0.3 is 0 Å². The van der Waals surface area contributed by atoms with Crippen molar-refractivity contribution in [1.82, 2.24) is 19.8 Å². The number of anilines is 2. The van der Waals surface area contributed by atoms with Crippen LogP contribution in [0.1, 0.15) is 40.7 Å². The molecule has 6 N–H and O–H groups in total. The van der Waals surface area contributed by atoms with Crippen molar-refractivity contribution in [1.29, 1.82) is 0 Å². The van der Waals surface area contributed by atoms with Crippen LogP contribution in [0.4, 0.5) is 11.4 Å². The molecule has 16 heteroatoms. The maximum Gasteiger partial charge on any atom is 0.284 e. The van der Waals surface area contributed by atoms with E-state index in [1.54, 1.807) is 36.4 Å². The maximum atomic E-state index is 13.2. The Labute approximate surface area is 281 Å². The molecule has 0 bridgehead atoms. The zero-order chi connectivity index (χ0) is 32.5. The van der Waals surface area contributed by atoms with Crippen LogP contribution in [0.15, 0.2) is 36.4 Å². The van der Waals surface area contributed by atoms with Crippen LogP contribution in [0.2, 0.25) is 10.0 Å². The molecule has 0 spiro atoms. The van der Waals surface area contributed by atoms with E-state index in [0.717, 1.165) is 21.1 Å². The fourth-order valence-electron chi connectivity index (χ4n) is 5.43. The smallest absolute Gasteiger partial charge is 0.284 e. The summed E-state index contributed by atoms with van der Waals surface area (Å²) in [4.78, 5) is 63.8. The minimum Gasteiger partial charge on any atom is -0.369 e. The molecule has 238 valence electrons. The number of nitrogens with zero attached hydrogens (tertiary/aromatic N) is 4. The normalized spacial score (nSPS) is 14.7. The second kappa shape index (κ2) is 13.4. The first-order chi connectivity index (χ1) is 22.0. The number of nitrogens with one attached hydrogen (secondary N) is 2. The van der Waals surface area contributed by atoms with Crippen LogP contribution in [-0.2, 0) is 35.5 Å². The van der Waals surface area contributed by atoms with E-state index in [4.69, 9.17) is 34.7 Å². The molecular weight excluding hydrogens is 671 g/mol. The Morgan fingerprint density at radius 2 is 1.13 bits per heavy atom. The predicted octanol–water partition coefficient (Wildman–Crippen LogP) is 3.76. The highest BCUT2D eigenvalue weighted by Gasteiger charge is 2.26. The zero-order valence-corrected chi connectivity index (χ0v) is 27.4. The van der Waals surface area contributed by atoms with E-state index >= 15 is 0 Å². The summed E-state index contributed by atoms with van der Waals surface area (Å²) in [5.74, 6) is -1.61. The average molecular weight is 700 g/mol. The second-order valence-electron chi connectivity index (χ2n) is 10.9. The number of rotatable bonds is 9. The summed E-state index contributed by atoms with van der Waals surface area (Å²) in [6, 6.07) is 10.4. The molecule has 0 fully saturated rings. The molecule has 2 aliphatic rings. The topological polar surface area (TPSA) is 177 Å². The Bertz CT molecular complexity index is 1740. The quantitative estimate of drug-likeness (QED) is 0.204. The maximum absolute atomic E-state index is 13.2. The van der Waals surface area contributed by atoms with Crippen molar-refractivity contribution in [2.45, 2.75) is 25.9 Å². The van der Waals surface area contributed by atoms with Gasteiger partial charge in [0.05, 0.1) is 45.9 Å². The second-order valence-corrected chi connectivity index (χ2v) is 13.8. The molecule has 4 heterocycles. The van der Waals surface area contributed by atoms with Crippen molar-refractivity contribution in [3.63, 3.8) is 0 Å². The van der Waals surface area contributed by atoms with Gasteiger partial charge in [0.2, 0.25) is 11.8 Å². The summed E-state index contributed by atoms with van der Waals surface area (Å²) < 4.78 is 0. The third kappa shape index (κ3) is 6.92. The van der Waals surface area contributed by atoms with Gasteiger partial charge < -0.3 is 22.1 Å². The molecule has 2 aliphatic heterocycles. The monoisotopic (exact) mass is 698 g/mol. The lowest BCUT2D eigenvalue weighted by Crippen LogP contribution is -2.37. The Hall–Kier alpha value is -3.92. The number of hydrogen-bond donors (Lipinski definition) is 4. The van der Waals surface area contributed by atoms with Crippen LogP contribution in [0.5, 0.6) is 0 Å². The molecule has 0 radical (unpaired) electrons. The standard InChI is InChI=1S/C30H28Cl2N8O4S2/c31-25-15(3-1-5-19(25)35-27(43)29-37-17-7-9-39(13-23(33)41)11-21(17)45-29)16-4-2-6-20(26(16)32)36-28(44)30-38-18-8-10-40(14-24(34)42)12-22(18)46-30/h1-6H,7-14H2,(H2,33,41)(H2,34,42)(H,35,43)(H,36,44). The largest absolute Gasteiger partial charge is 0.369 e. The highest BCUT2D eigenvalue weighted by molar-refractivity contribution is 7.14. The molecule has 0 atom stereocenters. The van der Waals surface area contributed by atoms with Gasteiger partial charge in [-0.15, -0.1) is 22.7 Å². The number of hydrogen-bond acceptors (Lipinski definition) is 10.